The Labute approximate surface area is 123 Å². The van der Waals surface area contributed by atoms with E-state index in [4.69, 9.17) is 5.73 Å². The fourth-order valence-corrected chi connectivity index (χ4v) is 3.31. The zero-order valence-corrected chi connectivity index (χ0v) is 13.5. The summed E-state index contributed by atoms with van der Waals surface area (Å²) in [6, 6.07) is 2.14. The number of rotatable bonds is 4. The molecule has 1 heterocycles. The molecule has 1 aromatic rings. The summed E-state index contributed by atoms with van der Waals surface area (Å²) in [5.74, 6) is 6.84. The number of nitrogens with two attached hydrogens (primary N) is 1. The number of carbonyl (C=O) groups is 1. The Balaban J connectivity index is 2.88. The number of aryl methyl sites for hydroxylation is 1. The summed E-state index contributed by atoms with van der Waals surface area (Å²) in [5.41, 5.74) is 6.41. The van der Waals surface area contributed by atoms with Gasteiger partial charge in [0.2, 0.25) is 0 Å². The van der Waals surface area contributed by atoms with Crippen LogP contribution in [0.5, 0.6) is 0 Å². The van der Waals surface area contributed by atoms with Crippen LogP contribution in [0.4, 0.5) is 0 Å². The van der Waals surface area contributed by atoms with Gasteiger partial charge in [-0.25, -0.2) is 0 Å². The molecule has 1 aromatic heterocycles. The standard InChI is InChI=1S/C14H20N2OS2/c1-10-8-13(19-12(10)6-5-7-15)14(17)16(3)11(2)9-18-4/h8,11H,7,9,15H2,1-4H3. The second-order valence-electron chi connectivity index (χ2n) is 4.35. The Kier molecular flexibility index (Phi) is 6.43. The number of hydrogen-bond donors (Lipinski definition) is 1. The number of thiophene rings is 1. The molecule has 1 unspecified atom stereocenters. The van der Waals surface area contributed by atoms with Crippen molar-refractivity contribution in [2.24, 2.45) is 5.73 Å². The largest absolute Gasteiger partial charge is 0.337 e. The van der Waals surface area contributed by atoms with E-state index in [2.05, 4.69) is 18.8 Å². The van der Waals surface area contributed by atoms with E-state index in [1.807, 2.05) is 26.3 Å². The quantitative estimate of drug-likeness (QED) is 0.866. The lowest BCUT2D eigenvalue weighted by Crippen LogP contribution is -2.36. The molecule has 1 atom stereocenters. The van der Waals surface area contributed by atoms with Crippen LogP contribution in [0.3, 0.4) is 0 Å². The molecule has 2 N–H and O–H groups in total. The first-order valence-electron chi connectivity index (χ1n) is 6.06. The molecular weight excluding hydrogens is 276 g/mol. The first kappa shape index (κ1) is 16.1. The van der Waals surface area contributed by atoms with Crippen molar-refractivity contribution in [2.45, 2.75) is 19.9 Å². The lowest BCUT2D eigenvalue weighted by atomic mass is 10.2. The molecule has 0 aliphatic rings. The van der Waals surface area contributed by atoms with Gasteiger partial charge in [0, 0.05) is 18.8 Å². The molecular formula is C14H20N2OS2. The minimum Gasteiger partial charge on any atom is -0.337 e. The Morgan fingerprint density at radius 1 is 1.63 bits per heavy atom. The molecule has 0 aromatic carbocycles. The van der Waals surface area contributed by atoms with Crippen molar-refractivity contribution in [1.29, 1.82) is 0 Å². The summed E-state index contributed by atoms with van der Waals surface area (Å²) in [6.07, 6.45) is 2.05. The van der Waals surface area contributed by atoms with Gasteiger partial charge in [0.1, 0.15) is 0 Å². The Bertz CT molecular complexity index is 499. The van der Waals surface area contributed by atoms with E-state index in [9.17, 15) is 4.79 Å². The van der Waals surface area contributed by atoms with Crippen LogP contribution in [0.15, 0.2) is 6.07 Å². The van der Waals surface area contributed by atoms with E-state index in [1.165, 1.54) is 11.3 Å². The summed E-state index contributed by atoms with van der Waals surface area (Å²) in [5, 5.41) is 0. The van der Waals surface area contributed by atoms with Crippen molar-refractivity contribution < 1.29 is 4.79 Å². The molecule has 0 aliphatic carbocycles. The van der Waals surface area contributed by atoms with E-state index in [1.54, 1.807) is 16.7 Å². The second kappa shape index (κ2) is 7.59. The van der Waals surface area contributed by atoms with Gasteiger partial charge < -0.3 is 10.6 Å². The number of amides is 1. The molecule has 0 saturated heterocycles. The highest BCUT2D eigenvalue weighted by Crippen LogP contribution is 2.23. The summed E-state index contributed by atoms with van der Waals surface area (Å²) in [6.45, 7) is 4.37. The van der Waals surface area contributed by atoms with Crippen LogP contribution < -0.4 is 5.73 Å². The molecule has 0 spiro atoms. The van der Waals surface area contributed by atoms with Crippen molar-refractivity contribution in [3.05, 3.63) is 21.4 Å². The minimum atomic E-state index is 0.0652. The molecule has 0 aliphatic heterocycles. The third-order valence-corrected chi connectivity index (χ3v) is 4.78. The molecule has 0 bridgehead atoms. The maximum atomic E-state index is 12.4. The Morgan fingerprint density at radius 2 is 2.32 bits per heavy atom. The van der Waals surface area contributed by atoms with Gasteiger partial charge in [-0.05, 0) is 31.7 Å². The second-order valence-corrected chi connectivity index (χ2v) is 6.31. The van der Waals surface area contributed by atoms with Crippen LogP contribution in [-0.2, 0) is 0 Å². The molecule has 0 radical (unpaired) electrons. The summed E-state index contributed by atoms with van der Waals surface area (Å²) >= 11 is 3.19. The van der Waals surface area contributed by atoms with Gasteiger partial charge >= 0.3 is 0 Å². The highest BCUT2D eigenvalue weighted by molar-refractivity contribution is 7.98. The minimum absolute atomic E-state index is 0.0652. The van der Waals surface area contributed by atoms with Gasteiger partial charge in [0.15, 0.2) is 0 Å². The SMILES string of the molecule is CSCC(C)N(C)C(=O)c1cc(C)c(C#CCN)s1. The van der Waals surface area contributed by atoms with E-state index < -0.39 is 0 Å². The van der Waals surface area contributed by atoms with E-state index in [-0.39, 0.29) is 11.9 Å². The van der Waals surface area contributed by atoms with Crippen LogP contribution in [0.2, 0.25) is 0 Å². The maximum absolute atomic E-state index is 12.4. The lowest BCUT2D eigenvalue weighted by Gasteiger charge is -2.23. The van der Waals surface area contributed by atoms with Crippen molar-refractivity contribution in [2.75, 3.05) is 25.6 Å². The first-order valence-corrected chi connectivity index (χ1v) is 8.27. The average molecular weight is 296 g/mol. The van der Waals surface area contributed by atoms with Crippen LogP contribution in [0, 0.1) is 18.8 Å². The van der Waals surface area contributed by atoms with Gasteiger partial charge in [0.25, 0.3) is 5.91 Å². The van der Waals surface area contributed by atoms with Crippen LogP contribution in [-0.4, -0.2) is 42.4 Å². The smallest absolute Gasteiger partial charge is 0.263 e. The van der Waals surface area contributed by atoms with Gasteiger partial charge in [-0.3, -0.25) is 4.79 Å². The molecule has 0 saturated carbocycles. The Hall–Kier alpha value is -0.960. The number of carbonyl (C=O) groups excluding carboxylic acids is 1. The Morgan fingerprint density at radius 3 is 2.89 bits per heavy atom. The van der Waals surface area contributed by atoms with Crippen LogP contribution in [0.25, 0.3) is 0 Å². The molecule has 0 fully saturated rings. The molecule has 19 heavy (non-hydrogen) atoms. The molecule has 3 nitrogen and oxygen atoms in total. The summed E-state index contributed by atoms with van der Waals surface area (Å²) in [7, 11) is 1.85. The topological polar surface area (TPSA) is 46.3 Å². The zero-order valence-electron chi connectivity index (χ0n) is 11.8. The predicted molar refractivity (Wildman–Crippen MR) is 84.9 cm³/mol. The van der Waals surface area contributed by atoms with Crippen molar-refractivity contribution in [1.82, 2.24) is 4.90 Å². The van der Waals surface area contributed by atoms with Crippen molar-refractivity contribution >= 4 is 29.0 Å². The maximum Gasteiger partial charge on any atom is 0.263 e. The normalized spacial score (nSPS) is 11.6. The van der Waals surface area contributed by atoms with E-state index in [0.717, 1.165) is 21.1 Å². The van der Waals surface area contributed by atoms with Crippen LogP contribution in [0.1, 0.15) is 27.0 Å². The first-order chi connectivity index (χ1) is 9.01. The van der Waals surface area contributed by atoms with E-state index >= 15 is 0 Å². The number of nitrogens with zero attached hydrogens (tertiary/aromatic N) is 1. The zero-order chi connectivity index (χ0) is 14.4. The van der Waals surface area contributed by atoms with Gasteiger partial charge in [-0.15, -0.1) is 11.3 Å². The lowest BCUT2D eigenvalue weighted by molar-refractivity contribution is 0.0762. The molecule has 104 valence electrons. The number of hydrogen-bond acceptors (Lipinski definition) is 4. The summed E-state index contributed by atoms with van der Waals surface area (Å²) < 4.78 is 0. The van der Waals surface area contributed by atoms with Crippen molar-refractivity contribution in [3.63, 3.8) is 0 Å². The average Bonchev–Trinajstić information content (AvgIpc) is 2.76. The molecule has 1 amide bonds. The number of thioether (sulfide) groups is 1. The van der Waals surface area contributed by atoms with Gasteiger partial charge in [0.05, 0.1) is 16.3 Å². The third kappa shape index (κ3) is 4.27. The van der Waals surface area contributed by atoms with Crippen LogP contribution >= 0.6 is 23.1 Å². The molecule has 5 heteroatoms. The highest BCUT2D eigenvalue weighted by Gasteiger charge is 2.19. The van der Waals surface area contributed by atoms with Gasteiger partial charge in [-0.2, -0.15) is 11.8 Å². The fraction of sp³-hybridized carbons (Fsp3) is 0.500. The van der Waals surface area contributed by atoms with E-state index in [0.29, 0.717) is 6.54 Å². The molecule has 1 rings (SSSR count). The monoisotopic (exact) mass is 296 g/mol. The predicted octanol–water partition coefficient (Wildman–Crippen LogP) is 2.19. The fourth-order valence-electron chi connectivity index (χ4n) is 1.57. The highest BCUT2D eigenvalue weighted by atomic mass is 32.2. The third-order valence-electron chi connectivity index (χ3n) is 2.82. The summed E-state index contributed by atoms with van der Waals surface area (Å²) in [4.78, 5) is 15.8. The van der Waals surface area contributed by atoms with Gasteiger partial charge in [-0.1, -0.05) is 11.8 Å². The van der Waals surface area contributed by atoms with Crippen molar-refractivity contribution in [3.8, 4) is 11.8 Å².